The molecule has 1 aromatic rings. The van der Waals surface area contributed by atoms with Crippen molar-refractivity contribution in [2.75, 3.05) is 26.7 Å². The summed E-state index contributed by atoms with van der Waals surface area (Å²) in [6.45, 7) is 12.6. The van der Waals surface area contributed by atoms with Crippen LogP contribution in [-0.2, 0) is 6.54 Å². The molecule has 1 N–H and O–H groups in total. The highest BCUT2D eigenvalue weighted by atomic mass is 16.5. The van der Waals surface area contributed by atoms with E-state index in [2.05, 4.69) is 69.2 Å². The van der Waals surface area contributed by atoms with Crippen molar-refractivity contribution < 1.29 is 4.74 Å². The van der Waals surface area contributed by atoms with Gasteiger partial charge in [-0.1, -0.05) is 25.5 Å². The van der Waals surface area contributed by atoms with Gasteiger partial charge in [0.05, 0.1) is 6.61 Å². The lowest BCUT2D eigenvalue weighted by Gasteiger charge is -2.23. The minimum Gasteiger partial charge on any atom is -0.494 e. The van der Waals surface area contributed by atoms with Gasteiger partial charge < -0.3 is 15.0 Å². The van der Waals surface area contributed by atoms with Crippen LogP contribution in [0.4, 0.5) is 0 Å². The minimum atomic E-state index is 0.193. The van der Waals surface area contributed by atoms with Gasteiger partial charge in [-0.05, 0) is 51.9 Å². The highest BCUT2D eigenvalue weighted by molar-refractivity contribution is 5.27. The Morgan fingerprint density at radius 2 is 1.81 bits per heavy atom. The number of rotatable bonds is 9. The zero-order valence-corrected chi connectivity index (χ0v) is 14.4. The second-order valence-electron chi connectivity index (χ2n) is 6.76. The maximum Gasteiger partial charge on any atom is 0.119 e. The van der Waals surface area contributed by atoms with Crippen LogP contribution >= 0.6 is 0 Å². The first kappa shape index (κ1) is 18.0. The average molecular weight is 292 g/mol. The number of ether oxygens (including phenoxy) is 1. The Morgan fingerprint density at radius 3 is 2.38 bits per heavy atom. The summed E-state index contributed by atoms with van der Waals surface area (Å²) in [5.41, 5.74) is 1.52. The van der Waals surface area contributed by atoms with E-state index in [1.807, 2.05) is 0 Å². The topological polar surface area (TPSA) is 24.5 Å². The summed E-state index contributed by atoms with van der Waals surface area (Å²) < 4.78 is 5.69. The summed E-state index contributed by atoms with van der Waals surface area (Å²) in [7, 11) is 2.16. The molecule has 3 nitrogen and oxygen atoms in total. The Bertz CT molecular complexity index is 381. The van der Waals surface area contributed by atoms with Crippen LogP contribution in [0.25, 0.3) is 0 Å². The minimum absolute atomic E-state index is 0.193. The zero-order valence-electron chi connectivity index (χ0n) is 14.4. The molecule has 0 saturated heterocycles. The number of hydrogen-bond donors (Lipinski definition) is 1. The predicted octanol–water partition coefficient (Wildman–Crippen LogP) is 3.69. The lowest BCUT2D eigenvalue weighted by Crippen LogP contribution is -2.40. The maximum atomic E-state index is 5.69. The molecule has 3 heteroatoms. The number of hydrogen-bond acceptors (Lipinski definition) is 3. The second kappa shape index (κ2) is 9.06. The van der Waals surface area contributed by atoms with Crippen molar-refractivity contribution in [3.05, 3.63) is 29.8 Å². The van der Waals surface area contributed by atoms with Crippen LogP contribution in [0.15, 0.2) is 24.3 Å². The molecule has 0 atom stereocenters. The quantitative estimate of drug-likeness (QED) is 0.703. The Morgan fingerprint density at radius 1 is 1.14 bits per heavy atom. The molecule has 0 aromatic heterocycles. The van der Waals surface area contributed by atoms with Crippen LogP contribution in [0.3, 0.4) is 0 Å². The maximum absolute atomic E-state index is 5.69. The standard InChI is InChI=1S/C18H32N2O/c1-6-7-14-21-17-10-8-16(9-11-17)15-20(5)13-12-19-18(2,3)4/h8-11,19H,6-7,12-15H2,1-5H3. The molecule has 0 bridgehead atoms. The highest BCUT2D eigenvalue weighted by Gasteiger charge is 2.08. The van der Waals surface area contributed by atoms with Crippen molar-refractivity contribution in [1.82, 2.24) is 10.2 Å². The first-order chi connectivity index (χ1) is 9.90. The predicted molar refractivity (Wildman–Crippen MR) is 90.9 cm³/mol. The van der Waals surface area contributed by atoms with Crippen molar-refractivity contribution in [1.29, 1.82) is 0 Å². The molecule has 120 valence electrons. The Kier molecular flexibility index (Phi) is 7.76. The van der Waals surface area contributed by atoms with E-state index in [4.69, 9.17) is 4.74 Å². The van der Waals surface area contributed by atoms with Gasteiger partial charge in [-0.2, -0.15) is 0 Å². The summed E-state index contributed by atoms with van der Waals surface area (Å²) in [5, 5.41) is 3.51. The monoisotopic (exact) mass is 292 g/mol. The third-order valence-corrected chi connectivity index (χ3v) is 3.29. The van der Waals surface area contributed by atoms with Gasteiger partial charge in [0.2, 0.25) is 0 Å². The molecule has 0 aliphatic rings. The van der Waals surface area contributed by atoms with Crippen LogP contribution in [0.1, 0.15) is 46.1 Å². The summed E-state index contributed by atoms with van der Waals surface area (Å²) in [5.74, 6) is 0.976. The molecule has 1 aromatic carbocycles. The SMILES string of the molecule is CCCCOc1ccc(CN(C)CCNC(C)(C)C)cc1. The fourth-order valence-corrected chi connectivity index (χ4v) is 2.04. The molecular weight excluding hydrogens is 260 g/mol. The average Bonchev–Trinajstić information content (AvgIpc) is 2.39. The Hall–Kier alpha value is -1.06. The fraction of sp³-hybridized carbons (Fsp3) is 0.667. The summed E-state index contributed by atoms with van der Waals surface area (Å²) in [4.78, 5) is 2.34. The molecule has 21 heavy (non-hydrogen) atoms. The van der Waals surface area contributed by atoms with E-state index < -0.39 is 0 Å². The smallest absolute Gasteiger partial charge is 0.119 e. The van der Waals surface area contributed by atoms with Gasteiger partial charge in [0.1, 0.15) is 5.75 Å². The van der Waals surface area contributed by atoms with Crippen LogP contribution in [0, 0.1) is 0 Å². The van der Waals surface area contributed by atoms with Crippen LogP contribution in [0.5, 0.6) is 5.75 Å². The van der Waals surface area contributed by atoms with Gasteiger partial charge in [0.25, 0.3) is 0 Å². The normalized spacial score (nSPS) is 11.9. The number of unbranched alkanes of at least 4 members (excludes halogenated alkanes) is 1. The summed E-state index contributed by atoms with van der Waals surface area (Å²) >= 11 is 0. The van der Waals surface area contributed by atoms with Gasteiger partial charge >= 0.3 is 0 Å². The zero-order chi connectivity index (χ0) is 15.7. The van der Waals surface area contributed by atoms with Gasteiger partial charge in [0.15, 0.2) is 0 Å². The van der Waals surface area contributed by atoms with Crippen molar-refractivity contribution in [3.8, 4) is 5.75 Å². The molecule has 0 aliphatic heterocycles. The molecular formula is C18H32N2O. The third kappa shape index (κ3) is 8.74. The lowest BCUT2D eigenvalue weighted by atomic mass is 10.1. The summed E-state index contributed by atoms with van der Waals surface area (Å²) in [6, 6.07) is 8.47. The van der Waals surface area contributed by atoms with Crippen molar-refractivity contribution in [2.24, 2.45) is 0 Å². The largest absolute Gasteiger partial charge is 0.494 e. The second-order valence-corrected chi connectivity index (χ2v) is 6.76. The van der Waals surface area contributed by atoms with Gasteiger partial charge in [0, 0.05) is 25.2 Å². The van der Waals surface area contributed by atoms with Gasteiger partial charge in [-0.3, -0.25) is 0 Å². The van der Waals surface area contributed by atoms with E-state index in [1.54, 1.807) is 0 Å². The molecule has 0 spiro atoms. The van der Waals surface area contributed by atoms with E-state index in [-0.39, 0.29) is 5.54 Å². The molecule has 1 rings (SSSR count). The number of nitrogens with zero attached hydrogens (tertiary/aromatic N) is 1. The van der Waals surface area contributed by atoms with Crippen LogP contribution in [0.2, 0.25) is 0 Å². The van der Waals surface area contributed by atoms with E-state index in [9.17, 15) is 0 Å². The van der Waals surface area contributed by atoms with Crippen LogP contribution < -0.4 is 10.1 Å². The Labute approximate surface area is 130 Å². The fourth-order valence-electron chi connectivity index (χ4n) is 2.04. The van der Waals surface area contributed by atoms with Crippen molar-refractivity contribution >= 4 is 0 Å². The van der Waals surface area contributed by atoms with Gasteiger partial charge in [-0.25, -0.2) is 0 Å². The lowest BCUT2D eigenvalue weighted by molar-refractivity contribution is 0.301. The van der Waals surface area contributed by atoms with Crippen molar-refractivity contribution in [2.45, 2.75) is 52.6 Å². The van der Waals surface area contributed by atoms with E-state index in [0.717, 1.165) is 38.4 Å². The molecule has 0 saturated carbocycles. The Balaban J connectivity index is 2.30. The van der Waals surface area contributed by atoms with Crippen molar-refractivity contribution in [3.63, 3.8) is 0 Å². The summed E-state index contributed by atoms with van der Waals surface area (Å²) in [6.07, 6.45) is 2.29. The number of benzene rings is 1. The first-order valence-corrected chi connectivity index (χ1v) is 8.06. The molecule has 0 unspecified atom stereocenters. The number of likely N-dealkylation sites (N-methyl/N-ethyl adjacent to an activating group) is 1. The molecule has 0 aliphatic carbocycles. The number of nitrogens with one attached hydrogen (secondary N) is 1. The van der Waals surface area contributed by atoms with Gasteiger partial charge in [-0.15, -0.1) is 0 Å². The molecule has 0 amide bonds. The van der Waals surface area contributed by atoms with Crippen LogP contribution in [-0.4, -0.2) is 37.2 Å². The van der Waals surface area contributed by atoms with E-state index >= 15 is 0 Å². The molecule has 0 fully saturated rings. The first-order valence-electron chi connectivity index (χ1n) is 8.06. The third-order valence-electron chi connectivity index (χ3n) is 3.29. The van der Waals surface area contributed by atoms with E-state index in [1.165, 1.54) is 12.0 Å². The molecule has 0 heterocycles. The highest BCUT2D eigenvalue weighted by Crippen LogP contribution is 2.13. The van der Waals surface area contributed by atoms with E-state index in [0.29, 0.717) is 0 Å². The molecule has 0 radical (unpaired) electrons.